The number of rotatable bonds is 9. The number of halogens is 1. The molecule has 2 N–H and O–H groups in total. The van der Waals surface area contributed by atoms with E-state index in [1.165, 1.54) is 31.4 Å². The third-order valence-corrected chi connectivity index (χ3v) is 6.39. The first kappa shape index (κ1) is 24.4. The van der Waals surface area contributed by atoms with Crippen LogP contribution in [0, 0.1) is 6.92 Å². The van der Waals surface area contributed by atoms with Gasteiger partial charge in [0, 0.05) is 10.7 Å². The summed E-state index contributed by atoms with van der Waals surface area (Å²) in [5.74, 6) is 0.553. The minimum Gasteiger partial charge on any atom is -0.495 e. The van der Waals surface area contributed by atoms with Gasteiger partial charge in [-0.05, 0) is 73.5 Å². The first-order valence-electron chi connectivity index (χ1n) is 10.2. The standard InChI is InChI=1S/C24H25ClN2O5S/c1-4-22(32-19-7-5-6-17(25)15-19)24(28)26-18-9-11-20(12-10-18)33(29,30)27-21-14-16(2)8-13-23(21)31-3/h5-15,22,27H,4H2,1-3H3,(H,26,28). The molecule has 1 atom stereocenters. The Labute approximate surface area is 198 Å². The molecule has 0 spiro atoms. The Morgan fingerprint density at radius 2 is 1.79 bits per heavy atom. The second-order valence-corrected chi connectivity index (χ2v) is 9.41. The predicted molar refractivity (Wildman–Crippen MR) is 130 cm³/mol. The molecule has 0 radical (unpaired) electrons. The molecule has 33 heavy (non-hydrogen) atoms. The van der Waals surface area contributed by atoms with Crippen LogP contribution in [0.4, 0.5) is 11.4 Å². The van der Waals surface area contributed by atoms with E-state index < -0.39 is 16.1 Å². The third kappa shape index (κ3) is 6.40. The molecule has 174 valence electrons. The maximum atomic E-state index is 12.8. The van der Waals surface area contributed by atoms with Crippen LogP contribution >= 0.6 is 11.6 Å². The van der Waals surface area contributed by atoms with Gasteiger partial charge < -0.3 is 14.8 Å². The molecular formula is C24H25ClN2O5S. The second-order valence-electron chi connectivity index (χ2n) is 7.29. The summed E-state index contributed by atoms with van der Waals surface area (Å²) in [7, 11) is -2.38. The molecule has 1 unspecified atom stereocenters. The van der Waals surface area contributed by atoms with Crippen LogP contribution in [-0.4, -0.2) is 27.5 Å². The zero-order valence-corrected chi connectivity index (χ0v) is 20.0. The number of hydrogen-bond acceptors (Lipinski definition) is 5. The molecule has 0 aromatic heterocycles. The largest absolute Gasteiger partial charge is 0.495 e. The van der Waals surface area contributed by atoms with Crippen LogP contribution in [0.1, 0.15) is 18.9 Å². The van der Waals surface area contributed by atoms with Gasteiger partial charge in [-0.15, -0.1) is 0 Å². The first-order chi connectivity index (χ1) is 15.7. The summed E-state index contributed by atoms with van der Waals surface area (Å²) in [6.07, 6.45) is -0.296. The number of nitrogens with one attached hydrogen (secondary N) is 2. The minimum absolute atomic E-state index is 0.0475. The highest BCUT2D eigenvalue weighted by molar-refractivity contribution is 7.92. The number of carbonyl (C=O) groups is 1. The summed E-state index contributed by atoms with van der Waals surface area (Å²) >= 11 is 5.97. The Balaban J connectivity index is 1.70. The van der Waals surface area contributed by atoms with Crippen molar-refractivity contribution < 1.29 is 22.7 Å². The minimum atomic E-state index is -3.85. The van der Waals surface area contributed by atoms with Crippen LogP contribution in [-0.2, 0) is 14.8 Å². The Kier molecular flexibility index (Phi) is 7.84. The van der Waals surface area contributed by atoms with Crippen molar-refractivity contribution in [3.05, 3.63) is 77.3 Å². The predicted octanol–water partition coefficient (Wildman–Crippen LogP) is 5.25. The average molecular weight is 489 g/mol. The van der Waals surface area contributed by atoms with Gasteiger partial charge in [-0.1, -0.05) is 30.7 Å². The van der Waals surface area contributed by atoms with E-state index in [-0.39, 0.29) is 10.8 Å². The SMILES string of the molecule is CCC(Oc1cccc(Cl)c1)C(=O)Nc1ccc(S(=O)(=O)Nc2cc(C)ccc2OC)cc1. The van der Waals surface area contributed by atoms with Crippen molar-refractivity contribution in [3.8, 4) is 11.5 Å². The van der Waals surface area contributed by atoms with Gasteiger partial charge in [0.15, 0.2) is 6.10 Å². The lowest BCUT2D eigenvalue weighted by Gasteiger charge is -2.17. The van der Waals surface area contributed by atoms with Gasteiger partial charge >= 0.3 is 0 Å². The maximum absolute atomic E-state index is 12.8. The van der Waals surface area contributed by atoms with Crippen molar-refractivity contribution in [1.29, 1.82) is 0 Å². The highest BCUT2D eigenvalue weighted by Crippen LogP contribution is 2.28. The van der Waals surface area contributed by atoms with E-state index in [2.05, 4.69) is 10.0 Å². The van der Waals surface area contributed by atoms with Gasteiger partial charge in [-0.25, -0.2) is 8.42 Å². The number of sulfonamides is 1. The van der Waals surface area contributed by atoms with Crippen molar-refractivity contribution >= 4 is 38.9 Å². The normalized spacial score (nSPS) is 12.0. The van der Waals surface area contributed by atoms with E-state index in [9.17, 15) is 13.2 Å². The van der Waals surface area contributed by atoms with Gasteiger partial charge in [-0.2, -0.15) is 0 Å². The zero-order valence-electron chi connectivity index (χ0n) is 18.5. The van der Waals surface area contributed by atoms with Crippen LogP contribution in [0.25, 0.3) is 0 Å². The lowest BCUT2D eigenvalue weighted by Crippen LogP contribution is -2.32. The summed E-state index contributed by atoms with van der Waals surface area (Å²) < 4.78 is 39.1. The maximum Gasteiger partial charge on any atom is 0.265 e. The Morgan fingerprint density at radius 3 is 2.42 bits per heavy atom. The van der Waals surface area contributed by atoms with E-state index >= 15 is 0 Å². The fraction of sp³-hybridized carbons (Fsp3) is 0.208. The topological polar surface area (TPSA) is 93.7 Å². The Hall–Kier alpha value is -3.23. The average Bonchev–Trinajstić information content (AvgIpc) is 2.77. The number of anilines is 2. The van der Waals surface area contributed by atoms with Crippen molar-refractivity contribution in [2.24, 2.45) is 0 Å². The van der Waals surface area contributed by atoms with Gasteiger partial charge in [0.2, 0.25) is 0 Å². The van der Waals surface area contributed by atoms with Gasteiger partial charge in [0.25, 0.3) is 15.9 Å². The summed E-state index contributed by atoms with van der Waals surface area (Å²) in [6, 6.07) is 17.9. The number of ether oxygens (including phenoxy) is 2. The Bertz CT molecular complexity index is 1230. The fourth-order valence-electron chi connectivity index (χ4n) is 3.07. The molecule has 0 saturated heterocycles. The smallest absolute Gasteiger partial charge is 0.265 e. The highest BCUT2D eigenvalue weighted by atomic mass is 35.5. The van der Waals surface area contributed by atoms with Gasteiger partial charge in [0.1, 0.15) is 11.5 Å². The molecule has 7 nitrogen and oxygen atoms in total. The molecule has 3 aromatic rings. The van der Waals surface area contributed by atoms with E-state index in [1.807, 2.05) is 19.9 Å². The summed E-state index contributed by atoms with van der Waals surface area (Å²) in [6.45, 7) is 3.68. The monoisotopic (exact) mass is 488 g/mol. The van der Waals surface area contributed by atoms with Crippen LogP contribution in [0.3, 0.4) is 0 Å². The molecule has 3 rings (SSSR count). The molecule has 0 aliphatic heterocycles. The number of benzene rings is 3. The number of aryl methyl sites for hydroxylation is 1. The lowest BCUT2D eigenvalue weighted by atomic mass is 10.2. The van der Waals surface area contributed by atoms with Crippen molar-refractivity contribution in [1.82, 2.24) is 0 Å². The molecule has 9 heteroatoms. The summed E-state index contributed by atoms with van der Waals surface area (Å²) in [4.78, 5) is 12.7. The van der Waals surface area contributed by atoms with Crippen LogP contribution in [0.15, 0.2) is 71.6 Å². The third-order valence-electron chi connectivity index (χ3n) is 4.77. The highest BCUT2D eigenvalue weighted by Gasteiger charge is 2.20. The fourth-order valence-corrected chi connectivity index (χ4v) is 4.31. The molecule has 0 fully saturated rings. The number of methoxy groups -OCH3 is 1. The quantitative estimate of drug-likeness (QED) is 0.429. The zero-order chi connectivity index (χ0) is 24.0. The van der Waals surface area contributed by atoms with E-state index in [4.69, 9.17) is 21.1 Å². The van der Waals surface area contributed by atoms with Crippen LogP contribution in [0.5, 0.6) is 11.5 Å². The first-order valence-corrected chi connectivity index (χ1v) is 12.1. The van der Waals surface area contributed by atoms with Crippen molar-refractivity contribution in [2.45, 2.75) is 31.3 Å². The molecular weight excluding hydrogens is 464 g/mol. The summed E-state index contributed by atoms with van der Waals surface area (Å²) in [5.41, 5.74) is 1.68. The molecule has 3 aromatic carbocycles. The van der Waals surface area contributed by atoms with Crippen LogP contribution < -0.4 is 19.5 Å². The van der Waals surface area contributed by atoms with Crippen molar-refractivity contribution in [2.75, 3.05) is 17.1 Å². The second kappa shape index (κ2) is 10.6. The van der Waals surface area contributed by atoms with Crippen molar-refractivity contribution in [3.63, 3.8) is 0 Å². The molecule has 1 amide bonds. The molecule has 0 aliphatic carbocycles. The van der Waals surface area contributed by atoms with E-state index in [1.54, 1.807) is 36.4 Å². The number of hydrogen-bond donors (Lipinski definition) is 2. The van der Waals surface area contributed by atoms with Gasteiger partial charge in [0.05, 0.1) is 17.7 Å². The molecule has 0 aliphatic rings. The van der Waals surface area contributed by atoms with Gasteiger partial charge in [-0.3, -0.25) is 9.52 Å². The van der Waals surface area contributed by atoms with E-state index in [0.717, 1.165) is 5.56 Å². The lowest BCUT2D eigenvalue weighted by molar-refractivity contribution is -0.122. The number of amides is 1. The Morgan fingerprint density at radius 1 is 1.06 bits per heavy atom. The number of carbonyl (C=O) groups excluding carboxylic acids is 1. The molecule has 0 saturated carbocycles. The molecule has 0 bridgehead atoms. The van der Waals surface area contributed by atoms with E-state index in [0.29, 0.717) is 34.3 Å². The van der Waals surface area contributed by atoms with Crippen LogP contribution in [0.2, 0.25) is 5.02 Å². The molecule has 0 heterocycles. The summed E-state index contributed by atoms with van der Waals surface area (Å²) in [5, 5.41) is 3.26.